The van der Waals surface area contributed by atoms with Crippen molar-refractivity contribution in [1.29, 1.82) is 0 Å². The van der Waals surface area contributed by atoms with Crippen LogP contribution in [0.25, 0.3) is 0 Å². The van der Waals surface area contributed by atoms with E-state index in [1.54, 1.807) is 24.3 Å². The first-order valence-electron chi connectivity index (χ1n) is 3.87. The number of rotatable bonds is 3. The molecule has 0 radical (unpaired) electrons. The molecule has 0 fully saturated rings. The van der Waals surface area contributed by atoms with Crippen molar-refractivity contribution in [2.45, 2.75) is 4.83 Å². The second-order valence-corrected chi connectivity index (χ2v) is 3.94. The molecule has 0 saturated heterocycles. The van der Waals surface area contributed by atoms with E-state index in [1.165, 1.54) is 7.11 Å². The molecule has 0 aliphatic rings. The zero-order chi connectivity index (χ0) is 10.6. The zero-order valence-electron chi connectivity index (χ0n) is 7.46. The molecule has 0 saturated carbocycles. The second-order valence-electron chi connectivity index (χ2n) is 2.58. The largest absolute Gasteiger partial charge is 0.277 e. The molecule has 0 aromatic heterocycles. The molecule has 1 aromatic carbocycles. The summed E-state index contributed by atoms with van der Waals surface area (Å²) in [6.07, 6.45) is 0. The van der Waals surface area contributed by atoms with Crippen molar-refractivity contribution in [3.63, 3.8) is 0 Å². The van der Waals surface area contributed by atoms with Gasteiger partial charge in [-0.15, -0.1) is 0 Å². The molecule has 1 aromatic rings. The highest BCUT2D eigenvalue weighted by Gasteiger charge is 2.16. The molecule has 3 nitrogen and oxygen atoms in total. The maximum atomic E-state index is 11.3. The Balaban J connectivity index is 2.73. The quantitative estimate of drug-likeness (QED) is 0.681. The van der Waals surface area contributed by atoms with E-state index in [0.29, 0.717) is 5.02 Å². The fraction of sp³-hybridized carbons (Fsp3) is 0.222. The number of carbonyl (C=O) groups is 1. The Bertz CT molecular complexity index is 315. The fourth-order valence-corrected chi connectivity index (χ4v) is 1.46. The third-order valence-electron chi connectivity index (χ3n) is 1.60. The van der Waals surface area contributed by atoms with Crippen molar-refractivity contribution < 1.29 is 9.63 Å². The van der Waals surface area contributed by atoms with Gasteiger partial charge in [0.15, 0.2) is 0 Å². The first kappa shape index (κ1) is 11.5. The molecule has 1 amide bonds. The van der Waals surface area contributed by atoms with Crippen LogP contribution >= 0.6 is 27.5 Å². The van der Waals surface area contributed by atoms with E-state index in [2.05, 4.69) is 26.2 Å². The molecule has 1 atom stereocenters. The normalized spacial score (nSPS) is 12.2. The van der Waals surface area contributed by atoms with Gasteiger partial charge in [-0.1, -0.05) is 39.7 Å². The number of benzene rings is 1. The lowest BCUT2D eigenvalue weighted by atomic mass is 10.1. The molecular weight excluding hydrogens is 269 g/mol. The minimum absolute atomic E-state index is 0.255. The van der Waals surface area contributed by atoms with E-state index in [-0.39, 0.29) is 5.91 Å². The van der Waals surface area contributed by atoms with E-state index in [1.807, 2.05) is 0 Å². The van der Waals surface area contributed by atoms with Crippen LogP contribution in [0.1, 0.15) is 10.4 Å². The smallest absolute Gasteiger partial charge is 0.261 e. The van der Waals surface area contributed by atoms with Crippen LogP contribution in [0, 0.1) is 0 Å². The van der Waals surface area contributed by atoms with Gasteiger partial charge < -0.3 is 0 Å². The van der Waals surface area contributed by atoms with E-state index >= 15 is 0 Å². The van der Waals surface area contributed by atoms with Gasteiger partial charge in [0.25, 0.3) is 5.91 Å². The molecule has 0 aliphatic carbocycles. The summed E-state index contributed by atoms with van der Waals surface area (Å²) in [6.45, 7) is 0. The van der Waals surface area contributed by atoms with Crippen LogP contribution in [-0.4, -0.2) is 13.0 Å². The number of nitrogens with one attached hydrogen (secondary N) is 1. The number of hydrogen-bond donors (Lipinski definition) is 1. The van der Waals surface area contributed by atoms with Gasteiger partial charge in [0.05, 0.1) is 7.11 Å². The molecule has 0 heterocycles. The van der Waals surface area contributed by atoms with E-state index in [0.717, 1.165) is 5.56 Å². The molecular formula is C9H9BrClNO2. The average molecular weight is 279 g/mol. The first-order valence-corrected chi connectivity index (χ1v) is 5.17. The number of alkyl halides is 1. The molecule has 76 valence electrons. The van der Waals surface area contributed by atoms with Crippen molar-refractivity contribution in [1.82, 2.24) is 5.48 Å². The van der Waals surface area contributed by atoms with Gasteiger partial charge in [-0.05, 0) is 17.7 Å². The van der Waals surface area contributed by atoms with Gasteiger partial charge in [0, 0.05) is 5.02 Å². The Morgan fingerprint density at radius 1 is 1.50 bits per heavy atom. The van der Waals surface area contributed by atoms with Gasteiger partial charge in [-0.2, -0.15) is 0 Å². The van der Waals surface area contributed by atoms with E-state index in [4.69, 9.17) is 11.6 Å². The standard InChI is InChI=1S/C9H9BrClNO2/c1-14-12-9(13)8(10)6-2-4-7(11)5-3-6/h2-5,8H,1H3,(H,12,13). The molecule has 1 unspecified atom stereocenters. The third kappa shape index (κ3) is 2.97. The van der Waals surface area contributed by atoms with Crippen LogP contribution in [0.5, 0.6) is 0 Å². The predicted octanol–water partition coefficient (Wildman–Crippen LogP) is 2.45. The van der Waals surface area contributed by atoms with Crippen molar-refractivity contribution in [2.75, 3.05) is 7.11 Å². The molecule has 0 spiro atoms. The van der Waals surface area contributed by atoms with Crippen molar-refractivity contribution in [3.05, 3.63) is 34.9 Å². The van der Waals surface area contributed by atoms with Crippen LogP contribution in [0.2, 0.25) is 5.02 Å². The SMILES string of the molecule is CONC(=O)C(Br)c1ccc(Cl)cc1. The van der Waals surface area contributed by atoms with Crippen molar-refractivity contribution >= 4 is 33.4 Å². The maximum absolute atomic E-state index is 11.3. The zero-order valence-corrected chi connectivity index (χ0v) is 9.80. The molecule has 0 bridgehead atoms. The van der Waals surface area contributed by atoms with Crippen LogP contribution in [0.3, 0.4) is 0 Å². The summed E-state index contributed by atoms with van der Waals surface area (Å²) in [4.78, 5) is 15.4. The Labute approximate surface area is 95.5 Å². The molecule has 5 heteroatoms. The van der Waals surface area contributed by atoms with Crippen LogP contribution in [-0.2, 0) is 9.63 Å². The summed E-state index contributed by atoms with van der Waals surface area (Å²) in [6, 6.07) is 7.00. The Kier molecular flexibility index (Phi) is 4.38. The van der Waals surface area contributed by atoms with Gasteiger partial charge in [0.1, 0.15) is 4.83 Å². The van der Waals surface area contributed by atoms with Crippen LogP contribution in [0.4, 0.5) is 0 Å². The number of amides is 1. The van der Waals surface area contributed by atoms with Gasteiger partial charge in [0.2, 0.25) is 0 Å². The van der Waals surface area contributed by atoms with Crippen molar-refractivity contribution in [2.24, 2.45) is 0 Å². The van der Waals surface area contributed by atoms with E-state index < -0.39 is 4.83 Å². The lowest BCUT2D eigenvalue weighted by Gasteiger charge is -2.09. The van der Waals surface area contributed by atoms with Crippen LogP contribution in [0.15, 0.2) is 24.3 Å². The topological polar surface area (TPSA) is 38.3 Å². The van der Waals surface area contributed by atoms with Crippen LogP contribution < -0.4 is 5.48 Å². The summed E-state index contributed by atoms with van der Waals surface area (Å²) >= 11 is 8.96. The monoisotopic (exact) mass is 277 g/mol. The molecule has 14 heavy (non-hydrogen) atoms. The number of halogens is 2. The van der Waals surface area contributed by atoms with Gasteiger partial charge >= 0.3 is 0 Å². The highest BCUT2D eigenvalue weighted by molar-refractivity contribution is 9.09. The number of hydrogen-bond acceptors (Lipinski definition) is 2. The Morgan fingerprint density at radius 2 is 2.07 bits per heavy atom. The summed E-state index contributed by atoms with van der Waals surface area (Å²) in [5, 5.41) is 0.639. The number of carbonyl (C=O) groups excluding carboxylic acids is 1. The summed E-state index contributed by atoms with van der Waals surface area (Å²) in [7, 11) is 1.39. The number of hydroxylamine groups is 1. The lowest BCUT2D eigenvalue weighted by molar-refractivity contribution is -0.130. The van der Waals surface area contributed by atoms with Gasteiger partial charge in [-0.3, -0.25) is 9.63 Å². The minimum Gasteiger partial charge on any atom is -0.277 e. The first-order chi connectivity index (χ1) is 6.65. The average Bonchev–Trinajstić information content (AvgIpc) is 2.18. The maximum Gasteiger partial charge on any atom is 0.261 e. The lowest BCUT2D eigenvalue weighted by Crippen LogP contribution is -2.25. The minimum atomic E-state index is -0.431. The Hall–Kier alpha value is -0.580. The highest BCUT2D eigenvalue weighted by Crippen LogP contribution is 2.24. The molecule has 0 aliphatic heterocycles. The third-order valence-corrected chi connectivity index (χ3v) is 2.79. The highest BCUT2D eigenvalue weighted by atomic mass is 79.9. The fourth-order valence-electron chi connectivity index (χ4n) is 0.935. The second kappa shape index (κ2) is 5.34. The molecule has 1 N–H and O–H groups in total. The summed E-state index contributed by atoms with van der Waals surface area (Å²) < 4.78 is 0. The summed E-state index contributed by atoms with van der Waals surface area (Å²) in [5.41, 5.74) is 3.06. The van der Waals surface area contributed by atoms with E-state index in [9.17, 15) is 4.79 Å². The predicted molar refractivity (Wildman–Crippen MR) is 58.3 cm³/mol. The molecule has 1 rings (SSSR count). The summed E-state index contributed by atoms with van der Waals surface area (Å²) in [5.74, 6) is -0.255. The van der Waals surface area contributed by atoms with Gasteiger partial charge in [-0.25, -0.2) is 5.48 Å². The van der Waals surface area contributed by atoms with Crippen molar-refractivity contribution in [3.8, 4) is 0 Å². The Morgan fingerprint density at radius 3 is 2.57 bits per heavy atom.